The molecule has 0 aliphatic carbocycles. The van der Waals surface area contributed by atoms with Gasteiger partial charge in [0.15, 0.2) is 5.82 Å². The Labute approximate surface area is 90.9 Å². The van der Waals surface area contributed by atoms with E-state index in [1.165, 1.54) is 12.4 Å². The van der Waals surface area contributed by atoms with Crippen molar-refractivity contribution in [3.8, 4) is 0 Å². The first-order valence-electron chi connectivity index (χ1n) is 4.72. The number of rotatable bonds is 2. The van der Waals surface area contributed by atoms with E-state index in [0.29, 0.717) is 5.82 Å². The van der Waals surface area contributed by atoms with Gasteiger partial charge in [-0.05, 0) is 6.07 Å². The van der Waals surface area contributed by atoms with E-state index >= 15 is 0 Å². The summed E-state index contributed by atoms with van der Waals surface area (Å²) in [6.45, 7) is 0. The van der Waals surface area contributed by atoms with Crippen LogP contribution in [0.5, 0.6) is 0 Å². The van der Waals surface area contributed by atoms with Gasteiger partial charge in [-0.25, -0.2) is 9.97 Å². The number of nitrogens with zero attached hydrogens (tertiary/aromatic N) is 2. The van der Waals surface area contributed by atoms with Crippen LogP contribution < -0.4 is 10.6 Å². The van der Waals surface area contributed by atoms with Crippen molar-refractivity contribution >= 4 is 11.9 Å². The van der Waals surface area contributed by atoms with Gasteiger partial charge in [-0.15, -0.1) is 0 Å². The lowest BCUT2D eigenvalue weighted by Gasteiger charge is -2.27. The van der Waals surface area contributed by atoms with E-state index in [2.05, 4.69) is 20.6 Å². The number of amides is 1. The zero-order valence-electron chi connectivity index (χ0n) is 8.25. The average molecular weight is 222 g/mol. The molecular weight excluding hydrogens is 212 g/mol. The lowest BCUT2D eigenvalue weighted by atomic mass is 10.1. The van der Waals surface area contributed by atoms with Crippen LogP contribution in [-0.4, -0.2) is 33.0 Å². The van der Waals surface area contributed by atoms with Gasteiger partial charge in [0.05, 0.1) is 6.42 Å². The molecule has 1 fully saturated rings. The standard InChI is InChI=1S/C9H10N4O3/c14-6-4-5(9(15)16)12-8(13-6)7-10-2-1-3-11-7/h1-3,5,8,12H,4H2,(H,13,14)(H,15,16). The quantitative estimate of drug-likeness (QED) is 0.595. The predicted molar refractivity (Wildman–Crippen MR) is 52.1 cm³/mol. The lowest BCUT2D eigenvalue weighted by Crippen LogP contribution is -2.54. The average Bonchev–Trinajstić information content (AvgIpc) is 2.29. The first kappa shape index (κ1) is 10.5. The summed E-state index contributed by atoms with van der Waals surface area (Å²) in [5, 5.41) is 14.2. The van der Waals surface area contributed by atoms with Crippen molar-refractivity contribution in [2.45, 2.75) is 18.6 Å². The van der Waals surface area contributed by atoms with Gasteiger partial charge in [0.2, 0.25) is 5.91 Å². The monoisotopic (exact) mass is 222 g/mol. The molecule has 1 amide bonds. The zero-order valence-corrected chi connectivity index (χ0v) is 8.25. The molecular formula is C9H10N4O3. The second kappa shape index (κ2) is 4.23. The summed E-state index contributed by atoms with van der Waals surface area (Å²) in [5.41, 5.74) is 0. The molecule has 1 aliphatic rings. The fraction of sp³-hybridized carbons (Fsp3) is 0.333. The molecule has 0 spiro atoms. The number of aliphatic carboxylic acids is 1. The highest BCUT2D eigenvalue weighted by atomic mass is 16.4. The highest BCUT2D eigenvalue weighted by Gasteiger charge is 2.32. The molecule has 2 unspecified atom stereocenters. The molecule has 1 saturated heterocycles. The van der Waals surface area contributed by atoms with Crippen molar-refractivity contribution in [1.29, 1.82) is 0 Å². The molecule has 7 heteroatoms. The number of carboxylic acid groups (broad SMARTS) is 1. The summed E-state index contributed by atoms with van der Waals surface area (Å²) in [7, 11) is 0. The maximum absolute atomic E-state index is 11.3. The SMILES string of the molecule is O=C1CC(C(=O)O)NC(c2ncccn2)N1. The smallest absolute Gasteiger partial charge is 0.321 e. The molecule has 1 aliphatic heterocycles. The molecule has 3 N–H and O–H groups in total. The Morgan fingerprint density at radius 3 is 2.75 bits per heavy atom. The minimum atomic E-state index is -1.06. The van der Waals surface area contributed by atoms with E-state index in [1.807, 2.05) is 0 Å². The van der Waals surface area contributed by atoms with E-state index in [0.717, 1.165) is 0 Å². The van der Waals surface area contributed by atoms with Gasteiger partial charge in [0.1, 0.15) is 12.2 Å². The molecule has 0 saturated carbocycles. The second-order valence-corrected chi connectivity index (χ2v) is 3.37. The Morgan fingerprint density at radius 2 is 2.12 bits per heavy atom. The van der Waals surface area contributed by atoms with Crippen LogP contribution in [0.25, 0.3) is 0 Å². The molecule has 1 aromatic rings. The third-order valence-electron chi connectivity index (χ3n) is 2.20. The predicted octanol–water partition coefficient (Wildman–Crippen LogP) is -0.962. The third kappa shape index (κ3) is 2.14. The van der Waals surface area contributed by atoms with Gasteiger partial charge in [-0.1, -0.05) is 0 Å². The number of carbonyl (C=O) groups excluding carboxylic acids is 1. The number of carboxylic acids is 1. The lowest BCUT2D eigenvalue weighted by molar-refractivity contribution is -0.143. The highest BCUT2D eigenvalue weighted by Crippen LogP contribution is 2.11. The van der Waals surface area contributed by atoms with Crippen LogP contribution in [0.2, 0.25) is 0 Å². The molecule has 16 heavy (non-hydrogen) atoms. The second-order valence-electron chi connectivity index (χ2n) is 3.37. The molecule has 2 heterocycles. The molecule has 0 aromatic carbocycles. The van der Waals surface area contributed by atoms with E-state index in [1.54, 1.807) is 6.07 Å². The van der Waals surface area contributed by atoms with Gasteiger partial charge in [0.25, 0.3) is 0 Å². The molecule has 7 nitrogen and oxygen atoms in total. The Morgan fingerprint density at radius 1 is 1.44 bits per heavy atom. The maximum Gasteiger partial charge on any atom is 0.321 e. The number of aromatic nitrogens is 2. The molecule has 2 atom stereocenters. The fourth-order valence-electron chi connectivity index (χ4n) is 1.46. The van der Waals surface area contributed by atoms with Crippen molar-refractivity contribution in [1.82, 2.24) is 20.6 Å². The Balaban J connectivity index is 2.17. The van der Waals surface area contributed by atoms with Crippen molar-refractivity contribution < 1.29 is 14.7 Å². The summed E-state index contributed by atoms with van der Waals surface area (Å²) in [6, 6.07) is 0.741. The number of carbonyl (C=O) groups is 2. The van der Waals surface area contributed by atoms with Gasteiger partial charge in [-0.3, -0.25) is 14.9 Å². The van der Waals surface area contributed by atoms with E-state index in [-0.39, 0.29) is 12.3 Å². The summed E-state index contributed by atoms with van der Waals surface area (Å²) in [6.07, 6.45) is 2.32. The van der Waals surface area contributed by atoms with Crippen molar-refractivity contribution in [2.75, 3.05) is 0 Å². The fourth-order valence-corrected chi connectivity index (χ4v) is 1.46. The third-order valence-corrected chi connectivity index (χ3v) is 2.20. The van der Waals surface area contributed by atoms with Gasteiger partial charge in [-0.2, -0.15) is 0 Å². The Hall–Kier alpha value is -2.02. The first-order valence-corrected chi connectivity index (χ1v) is 4.72. The molecule has 84 valence electrons. The Kier molecular flexibility index (Phi) is 2.78. The van der Waals surface area contributed by atoms with Crippen molar-refractivity contribution in [3.63, 3.8) is 0 Å². The number of nitrogens with one attached hydrogen (secondary N) is 2. The molecule has 0 bridgehead atoms. The number of hydrogen-bond acceptors (Lipinski definition) is 5. The highest BCUT2D eigenvalue weighted by molar-refractivity contribution is 5.85. The van der Waals surface area contributed by atoms with E-state index < -0.39 is 18.2 Å². The van der Waals surface area contributed by atoms with Crippen LogP contribution in [0.1, 0.15) is 18.4 Å². The first-order chi connectivity index (χ1) is 7.66. The zero-order chi connectivity index (χ0) is 11.5. The van der Waals surface area contributed by atoms with E-state index in [9.17, 15) is 9.59 Å². The topological polar surface area (TPSA) is 104 Å². The minimum absolute atomic E-state index is 0.0847. The van der Waals surface area contributed by atoms with Gasteiger partial charge in [0, 0.05) is 12.4 Å². The number of hydrogen-bond donors (Lipinski definition) is 3. The van der Waals surface area contributed by atoms with Crippen LogP contribution in [0.15, 0.2) is 18.5 Å². The van der Waals surface area contributed by atoms with Gasteiger partial charge < -0.3 is 10.4 Å². The van der Waals surface area contributed by atoms with Crippen molar-refractivity contribution in [3.05, 3.63) is 24.3 Å². The minimum Gasteiger partial charge on any atom is -0.480 e. The summed E-state index contributed by atoms with van der Waals surface area (Å²) >= 11 is 0. The van der Waals surface area contributed by atoms with Crippen LogP contribution in [-0.2, 0) is 9.59 Å². The van der Waals surface area contributed by atoms with Crippen LogP contribution in [0, 0.1) is 0 Å². The van der Waals surface area contributed by atoms with Crippen LogP contribution in [0.4, 0.5) is 0 Å². The maximum atomic E-state index is 11.3. The van der Waals surface area contributed by atoms with Crippen LogP contribution in [0.3, 0.4) is 0 Å². The molecule has 2 rings (SSSR count). The van der Waals surface area contributed by atoms with E-state index in [4.69, 9.17) is 5.11 Å². The van der Waals surface area contributed by atoms with Crippen LogP contribution >= 0.6 is 0 Å². The van der Waals surface area contributed by atoms with Crippen molar-refractivity contribution in [2.24, 2.45) is 0 Å². The summed E-state index contributed by atoms with van der Waals surface area (Å²) in [4.78, 5) is 30.0. The Bertz CT molecular complexity index is 408. The normalized spacial score (nSPS) is 24.9. The largest absolute Gasteiger partial charge is 0.480 e. The molecule has 0 radical (unpaired) electrons. The molecule has 1 aromatic heterocycles. The van der Waals surface area contributed by atoms with Gasteiger partial charge >= 0.3 is 5.97 Å². The summed E-state index contributed by atoms with van der Waals surface area (Å²) in [5.74, 6) is -1.04. The summed E-state index contributed by atoms with van der Waals surface area (Å²) < 4.78 is 0.